The third-order valence-corrected chi connectivity index (χ3v) is 11.0. The van der Waals surface area contributed by atoms with Gasteiger partial charge in [0, 0.05) is 48.3 Å². The molecule has 11 aromatic rings. The Bertz CT molecular complexity index is 3060. The van der Waals surface area contributed by atoms with Crippen molar-refractivity contribution in [2.75, 3.05) is 0 Å². The summed E-state index contributed by atoms with van der Waals surface area (Å²) in [5.41, 5.74) is 7.73. The average Bonchev–Trinajstić information content (AvgIpc) is 3.81. The summed E-state index contributed by atoms with van der Waals surface area (Å²) in [6, 6.07) is 56.5. The maximum absolute atomic E-state index is 5.52. The molecule has 0 aliphatic rings. The second-order valence-electron chi connectivity index (χ2n) is 12.6. The lowest BCUT2D eigenvalue weighted by molar-refractivity contribution is 1.02. The molecule has 0 amide bonds. The molecule has 0 bridgehead atoms. The van der Waals surface area contributed by atoms with Crippen LogP contribution >= 0.6 is 11.3 Å². The van der Waals surface area contributed by atoms with Gasteiger partial charge in [-0.1, -0.05) is 103 Å². The Morgan fingerprint density at radius 2 is 1.00 bits per heavy atom. The van der Waals surface area contributed by atoms with Crippen molar-refractivity contribution < 1.29 is 0 Å². The summed E-state index contributed by atoms with van der Waals surface area (Å²) in [4.78, 5) is 11.9. The molecule has 4 heterocycles. The van der Waals surface area contributed by atoms with Crippen molar-refractivity contribution in [1.29, 1.82) is 0 Å². The molecule has 0 saturated heterocycles. The summed E-state index contributed by atoms with van der Waals surface area (Å²) in [5, 5.41) is 9.55. The van der Waals surface area contributed by atoms with Gasteiger partial charge in [-0.2, -0.15) is 0 Å². The zero-order valence-electron chi connectivity index (χ0n) is 26.2. The normalized spacial score (nSPS) is 12.1. The predicted octanol–water partition coefficient (Wildman–Crippen LogP) is 11.9. The average molecular weight is 643 g/mol. The van der Waals surface area contributed by atoms with Crippen molar-refractivity contribution in [3.05, 3.63) is 158 Å². The third-order valence-electron chi connectivity index (χ3n) is 9.93. The lowest BCUT2D eigenvalue weighted by Crippen LogP contribution is -2.02. The van der Waals surface area contributed by atoms with E-state index in [-0.39, 0.29) is 0 Å². The fourth-order valence-electron chi connectivity index (χ4n) is 7.77. The van der Waals surface area contributed by atoms with Crippen LogP contribution < -0.4 is 0 Å². The smallest absolute Gasteiger partial charge is 0.236 e. The van der Waals surface area contributed by atoms with Crippen LogP contribution in [0.3, 0.4) is 0 Å². The van der Waals surface area contributed by atoms with Gasteiger partial charge >= 0.3 is 0 Å². The summed E-state index contributed by atoms with van der Waals surface area (Å²) < 4.78 is 5.80. The Balaban J connectivity index is 1.26. The van der Waals surface area contributed by atoms with Crippen molar-refractivity contribution in [1.82, 2.24) is 19.1 Å². The first-order chi connectivity index (χ1) is 24.3. The van der Waals surface area contributed by atoms with Gasteiger partial charge in [-0.15, -0.1) is 11.3 Å². The summed E-state index contributed by atoms with van der Waals surface area (Å²) in [7, 11) is 0. The number of hydrogen-bond donors (Lipinski definition) is 0. The van der Waals surface area contributed by atoms with Gasteiger partial charge in [0.15, 0.2) is 0 Å². The van der Waals surface area contributed by atoms with Crippen molar-refractivity contribution in [3.63, 3.8) is 0 Å². The maximum atomic E-state index is 5.52. The highest BCUT2D eigenvalue weighted by molar-refractivity contribution is 7.25. The van der Waals surface area contributed by atoms with Crippen LogP contribution in [0.15, 0.2) is 158 Å². The highest BCUT2D eigenvalue weighted by Crippen LogP contribution is 2.43. The van der Waals surface area contributed by atoms with Crippen molar-refractivity contribution in [2.45, 2.75) is 0 Å². The Hall–Kier alpha value is -6.30. The quantitative estimate of drug-likeness (QED) is 0.192. The third kappa shape index (κ3) is 3.85. The fraction of sp³-hybridized carbons (Fsp3) is 0. The van der Waals surface area contributed by atoms with E-state index in [4.69, 9.17) is 9.97 Å². The SMILES string of the molecule is c1ccc(-n2c3ccccc3c3cc(-c4nc(-n5c6ccccc6c6ccccc65)nc5sc6cc7ccccc7cc6c45)ccc32)cc1. The highest BCUT2D eigenvalue weighted by atomic mass is 32.1. The molecule has 0 saturated carbocycles. The number of hydrogen-bond acceptors (Lipinski definition) is 3. The molecule has 0 atom stereocenters. The Labute approximate surface area is 284 Å². The summed E-state index contributed by atoms with van der Waals surface area (Å²) in [5.74, 6) is 0.683. The number of nitrogens with zero attached hydrogens (tertiary/aromatic N) is 4. The first-order valence-corrected chi connectivity index (χ1v) is 17.3. The van der Waals surface area contributed by atoms with E-state index in [2.05, 4.69) is 167 Å². The van der Waals surface area contributed by atoms with Gasteiger partial charge in [-0.25, -0.2) is 9.97 Å². The van der Waals surface area contributed by atoms with Gasteiger partial charge in [0.25, 0.3) is 0 Å². The predicted molar refractivity (Wildman–Crippen MR) is 207 cm³/mol. The number of para-hydroxylation sites is 4. The fourth-order valence-corrected chi connectivity index (χ4v) is 8.87. The van der Waals surface area contributed by atoms with Gasteiger partial charge < -0.3 is 4.57 Å². The first kappa shape index (κ1) is 26.7. The Morgan fingerprint density at radius 1 is 0.429 bits per heavy atom. The van der Waals surface area contributed by atoms with Gasteiger partial charge in [0.1, 0.15) is 4.83 Å². The molecule has 49 heavy (non-hydrogen) atoms. The number of aromatic nitrogens is 4. The molecule has 0 aliphatic carbocycles. The molecule has 4 nitrogen and oxygen atoms in total. The molecule has 5 heteroatoms. The van der Waals surface area contributed by atoms with Crippen LogP contribution in [-0.2, 0) is 0 Å². The topological polar surface area (TPSA) is 35.6 Å². The Morgan fingerprint density at radius 3 is 1.71 bits per heavy atom. The molecule has 0 fully saturated rings. The standard InChI is InChI=1S/C44H26N4S/c1-2-14-30(15-3-1)47-36-19-9-8-18-33(36)34-25-29(22-23-39(34)47)42-41-35-24-27-12-4-5-13-28(27)26-40(35)49-43(41)46-44(45-42)48-37-20-10-6-16-31(37)32-17-7-11-21-38(32)48/h1-26H. The van der Waals surface area contributed by atoms with E-state index in [0.29, 0.717) is 5.95 Å². The molecule has 7 aromatic carbocycles. The number of benzene rings is 7. The number of rotatable bonds is 3. The largest absolute Gasteiger partial charge is 0.309 e. The molecule has 228 valence electrons. The van der Waals surface area contributed by atoms with Crippen LogP contribution in [0.5, 0.6) is 0 Å². The summed E-state index contributed by atoms with van der Waals surface area (Å²) in [6.07, 6.45) is 0. The lowest BCUT2D eigenvalue weighted by Gasteiger charge is -2.11. The van der Waals surface area contributed by atoms with Crippen LogP contribution in [0, 0.1) is 0 Å². The number of fused-ring (bicyclic) bond motifs is 10. The van der Waals surface area contributed by atoms with E-state index in [1.54, 1.807) is 11.3 Å². The van der Waals surface area contributed by atoms with E-state index in [9.17, 15) is 0 Å². The van der Waals surface area contributed by atoms with Crippen molar-refractivity contribution in [2.24, 2.45) is 0 Å². The molecule has 0 spiro atoms. The van der Waals surface area contributed by atoms with Gasteiger partial charge in [-0.05, 0) is 65.4 Å². The summed E-state index contributed by atoms with van der Waals surface area (Å²) in [6.45, 7) is 0. The van der Waals surface area contributed by atoms with Crippen LogP contribution in [0.4, 0.5) is 0 Å². The molecule has 4 aromatic heterocycles. The van der Waals surface area contributed by atoms with Gasteiger partial charge in [0.05, 0.1) is 27.8 Å². The second kappa shape index (κ2) is 10.1. The van der Waals surface area contributed by atoms with Gasteiger partial charge in [0.2, 0.25) is 5.95 Å². The zero-order chi connectivity index (χ0) is 32.1. The van der Waals surface area contributed by atoms with E-state index in [1.165, 1.54) is 53.4 Å². The molecular formula is C44H26N4S. The summed E-state index contributed by atoms with van der Waals surface area (Å²) >= 11 is 1.75. The molecule has 0 unspecified atom stereocenters. The molecule has 0 aliphatic heterocycles. The lowest BCUT2D eigenvalue weighted by atomic mass is 10.0. The Kier molecular flexibility index (Phi) is 5.51. The van der Waals surface area contributed by atoms with Crippen LogP contribution in [-0.4, -0.2) is 19.1 Å². The molecule has 11 rings (SSSR count). The van der Waals surface area contributed by atoms with E-state index >= 15 is 0 Å². The minimum atomic E-state index is 0.683. The molecular weight excluding hydrogens is 617 g/mol. The second-order valence-corrected chi connectivity index (χ2v) is 13.7. The minimum Gasteiger partial charge on any atom is -0.309 e. The van der Waals surface area contributed by atoms with E-state index < -0.39 is 0 Å². The van der Waals surface area contributed by atoms with Crippen molar-refractivity contribution >= 4 is 86.0 Å². The van der Waals surface area contributed by atoms with Crippen molar-refractivity contribution in [3.8, 4) is 22.9 Å². The van der Waals surface area contributed by atoms with E-state index in [0.717, 1.165) is 38.2 Å². The van der Waals surface area contributed by atoms with Crippen LogP contribution in [0.2, 0.25) is 0 Å². The molecule has 0 radical (unpaired) electrons. The zero-order valence-corrected chi connectivity index (χ0v) is 27.0. The monoisotopic (exact) mass is 642 g/mol. The van der Waals surface area contributed by atoms with E-state index in [1.807, 2.05) is 0 Å². The highest BCUT2D eigenvalue weighted by Gasteiger charge is 2.21. The van der Waals surface area contributed by atoms with Gasteiger partial charge in [-0.3, -0.25) is 4.57 Å². The maximum Gasteiger partial charge on any atom is 0.236 e. The van der Waals surface area contributed by atoms with Crippen LogP contribution in [0.1, 0.15) is 0 Å². The number of thiophene rings is 1. The molecule has 0 N–H and O–H groups in total. The van der Waals surface area contributed by atoms with Crippen LogP contribution in [0.25, 0.3) is 97.6 Å². The first-order valence-electron chi connectivity index (χ1n) is 16.5. The minimum absolute atomic E-state index is 0.683.